The lowest BCUT2D eigenvalue weighted by Gasteiger charge is -2.16. The van der Waals surface area contributed by atoms with E-state index in [9.17, 15) is 22.4 Å². The molecule has 1 unspecified atom stereocenters. The van der Waals surface area contributed by atoms with Gasteiger partial charge in [-0.2, -0.15) is 8.78 Å². The maximum atomic E-state index is 14.2. The highest BCUT2D eigenvalue weighted by atomic mass is 19.2. The molecule has 0 saturated carbocycles. The minimum Gasteiger partial charge on any atom is -0.485 e. The normalized spacial score (nSPS) is 12.2. The minimum absolute atomic E-state index is 0.0276. The number of benzene rings is 2. The van der Waals surface area contributed by atoms with Crippen molar-refractivity contribution in [3.63, 3.8) is 0 Å². The maximum Gasteiger partial charge on any atom is 0.267 e. The number of rotatable bonds is 6. The van der Waals surface area contributed by atoms with Crippen LogP contribution in [0.25, 0.3) is 0 Å². The van der Waals surface area contributed by atoms with Crippen LogP contribution < -0.4 is 9.47 Å². The van der Waals surface area contributed by atoms with Crippen molar-refractivity contribution in [2.45, 2.75) is 33.2 Å². The van der Waals surface area contributed by atoms with Crippen molar-refractivity contribution in [2.24, 2.45) is 0 Å². The Balaban J connectivity index is 2.27. The van der Waals surface area contributed by atoms with Gasteiger partial charge in [0.25, 0.3) is 6.36 Å². The molecule has 2 aromatic carbocycles. The van der Waals surface area contributed by atoms with Crippen LogP contribution in [0, 0.1) is 17.5 Å². The number of Topliss-reactive ketones (excluding diaryl/α,β-unsaturated/α-hetero) is 1. The molecule has 0 aliphatic rings. The number of alkyl halides is 1. The first-order valence-corrected chi connectivity index (χ1v) is 7.46. The first kappa shape index (κ1) is 18.8. The molecule has 134 valence electrons. The summed E-state index contributed by atoms with van der Waals surface area (Å²) in [6.07, 6.45) is -3.04. The molecular weight excluding hydrogens is 340 g/mol. The zero-order valence-electron chi connectivity index (χ0n) is 13.8. The summed E-state index contributed by atoms with van der Waals surface area (Å²) < 4.78 is 65.8. The zero-order valence-corrected chi connectivity index (χ0v) is 13.8. The lowest BCUT2D eigenvalue weighted by atomic mass is 10.1. The van der Waals surface area contributed by atoms with Crippen molar-refractivity contribution < 1.29 is 31.8 Å². The third-order valence-corrected chi connectivity index (χ3v) is 3.24. The quantitative estimate of drug-likeness (QED) is 0.408. The average Bonchev–Trinajstić information content (AvgIpc) is 2.55. The van der Waals surface area contributed by atoms with E-state index in [0.717, 1.165) is 0 Å². The van der Waals surface area contributed by atoms with Gasteiger partial charge in [0.05, 0.1) is 11.7 Å². The Morgan fingerprint density at radius 3 is 2.12 bits per heavy atom. The van der Waals surface area contributed by atoms with E-state index in [2.05, 4.69) is 0 Å². The molecular formula is C18H16F4O3. The Kier molecular flexibility index (Phi) is 5.66. The van der Waals surface area contributed by atoms with E-state index in [1.807, 2.05) is 0 Å². The lowest BCUT2D eigenvalue weighted by molar-refractivity contribution is 0.0621. The molecule has 1 atom stereocenters. The molecule has 0 fully saturated rings. The van der Waals surface area contributed by atoms with Gasteiger partial charge in [-0.1, -0.05) is 0 Å². The van der Waals surface area contributed by atoms with Gasteiger partial charge in [-0.05, 0) is 51.1 Å². The van der Waals surface area contributed by atoms with E-state index in [1.165, 1.54) is 45.0 Å². The molecule has 25 heavy (non-hydrogen) atoms. The van der Waals surface area contributed by atoms with Gasteiger partial charge < -0.3 is 9.47 Å². The monoisotopic (exact) mass is 356 g/mol. The minimum atomic E-state index is -2.44. The van der Waals surface area contributed by atoms with Crippen molar-refractivity contribution >= 4 is 5.78 Å². The van der Waals surface area contributed by atoms with Crippen LogP contribution in [0.5, 0.6) is 11.5 Å². The highest BCUT2D eigenvalue weighted by molar-refractivity contribution is 5.94. The number of carbonyl (C=O) groups is 1. The predicted octanol–water partition coefficient (Wildman–Crippen LogP) is 5.14. The van der Waals surface area contributed by atoms with E-state index < -0.39 is 41.2 Å². The molecule has 0 heterocycles. The fourth-order valence-electron chi connectivity index (χ4n) is 2.06. The molecule has 0 saturated heterocycles. The van der Waals surface area contributed by atoms with Gasteiger partial charge >= 0.3 is 0 Å². The number of carbonyl (C=O) groups excluding carboxylic acids is 1. The fraction of sp³-hybridized carbons (Fsp3) is 0.278. The van der Waals surface area contributed by atoms with E-state index >= 15 is 0 Å². The summed E-state index contributed by atoms with van der Waals surface area (Å²) in [5.41, 5.74) is -0.553. The van der Waals surface area contributed by atoms with Crippen LogP contribution in [0.2, 0.25) is 0 Å². The number of ether oxygens (including phenoxy) is 2. The molecule has 2 aromatic rings. The van der Waals surface area contributed by atoms with Gasteiger partial charge in [-0.15, -0.1) is 0 Å². The van der Waals surface area contributed by atoms with Gasteiger partial charge in [-0.25, -0.2) is 8.78 Å². The first-order valence-electron chi connectivity index (χ1n) is 7.46. The van der Waals surface area contributed by atoms with Crippen molar-refractivity contribution in [1.82, 2.24) is 0 Å². The summed E-state index contributed by atoms with van der Waals surface area (Å²) in [7, 11) is 0. The smallest absolute Gasteiger partial charge is 0.267 e. The number of hydrogen-bond acceptors (Lipinski definition) is 3. The van der Waals surface area contributed by atoms with Gasteiger partial charge in [0.15, 0.2) is 23.2 Å². The van der Waals surface area contributed by atoms with E-state index in [-0.39, 0.29) is 11.5 Å². The van der Waals surface area contributed by atoms with Crippen molar-refractivity contribution in [1.29, 1.82) is 0 Å². The Labute approximate surface area is 142 Å². The fourth-order valence-corrected chi connectivity index (χ4v) is 2.06. The van der Waals surface area contributed by atoms with Crippen molar-refractivity contribution in [3.8, 4) is 11.5 Å². The van der Waals surface area contributed by atoms with Crippen molar-refractivity contribution in [3.05, 3.63) is 58.9 Å². The Morgan fingerprint density at radius 2 is 1.60 bits per heavy atom. The first-order chi connectivity index (χ1) is 11.7. The second-order valence-corrected chi connectivity index (χ2v) is 5.59. The topological polar surface area (TPSA) is 35.5 Å². The van der Waals surface area contributed by atoms with Crippen LogP contribution in [0.4, 0.5) is 17.6 Å². The van der Waals surface area contributed by atoms with Crippen LogP contribution >= 0.6 is 0 Å². The summed E-state index contributed by atoms with van der Waals surface area (Å²) in [5, 5.41) is 0. The standard InChI is InChI=1S/C18H16F4O3/c1-9(2)24-17-14(19)8-13(15(20)16(17)21)18(22)25-12-6-4-11(5-7-12)10(3)23/h4-9,18H,1-3H3. The van der Waals surface area contributed by atoms with Crippen LogP contribution in [0.3, 0.4) is 0 Å². The SMILES string of the molecule is CC(=O)c1ccc(OC(F)c2cc(F)c(OC(C)C)c(F)c2F)cc1. The molecule has 0 spiro atoms. The van der Waals surface area contributed by atoms with E-state index in [1.54, 1.807) is 0 Å². The van der Waals surface area contributed by atoms with Gasteiger partial charge in [0.1, 0.15) is 5.75 Å². The summed E-state index contributed by atoms with van der Waals surface area (Å²) in [4.78, 5) is 11.2. The molecule has 0 bridgehead atoms. The summed E-state index contributed by atoms with van der Waals surface area (Å²) in [6.45, 7) is 4.38. The largest absolute Gasteiger partial charge is 0.485 e. The molecule has 0 aliphatic heterocycles. The molecule has 0 N–H and O–H groups in total. The van der Waals surface area contributed by atoms with Crippen LogP contribution in [-0.2, 0) is 0 Å². The van der Waals surface area contributed by atoms with Gasteiger partial charge in [-0.3, -0.25) is 4.79 Å². The Morgan fingerprint density at radius 1 is 1.00 bits per heavy atom. The van der Waals surface area contributed by atoms with Gasteiger partial charge in [0, 0.05) is 5.56 Å². The number of ketones is 1. The second kappa shape index (κ2) is 7.55. The average molecular weight is 356 g/mol. The molecule has 0 amide bonds. The molecule has 7 heteroatoms. The Hall–Kier alpha value is -2.57. The number of hydrogen-bond donors (Lipinski definition) is 0. The molecule has 0 radical (unpaired) electrons. The Bertz CT molecular complexity index is 773. The molecule has 2 rings (SSSR count). The second-order valence-electron chi connectivity index (χ2n) is 5.59. The summed E-state index contributed by atoms with van der Waals surface area (Å²) in [6, 6.07) is 5.86. The van der Waals surface area contributed by atoms with Gasteiger partial charge in [0.2, 0.25) is 5.82 Å². The third kappa shape index (κ3) is 4.29. The molecule has 0 aliphatic carbocycles. The summed E-state index contributed by atoms with van der Waals surface area (Å²) >= 11 is 0. The van der Waals surface area contributed by atoms with Crippen molar-refractivity contribution in [2.75, 3.05) is 0 Å². The zero-order chi connectivity index (χ0) is 18.7. The highest BCUT2D eigenvalue weighted by Gasteiger charge is 2.26. The molecule has 0 aromatic heterocycles. The van der Waals surface area contributed by atoms with Crippen LogP contribution in [0.15, 0.2) is 30.3 Å². The van der Waals surface area contributed by atoms with Crippen LogP contribution in [-0.4, -0.2) is 11.9 Å². The maximum absolute atomic E-state index is 14.2. The highest BCUT2D eigenvalue weighted by Crippen LogP contribution is 2.33. The number of halogens is 4. The predicted molar refractivity (Wildman–Crippen MR) is 83.0 cm³/mol. The molecule has 3 nitrogen and oxygen atoms in total. The third-order valence-electron chi connectivity index (χ3n) is 3.24. The lowest BCUT2D eigenvalue weighted by Crippen LogP contribution is -2.12. The van der Waals surface area contributed by atoms with Crippen LogP contribution in [0.1, 0.15) is 43.1 Å². The van der Waals surface area contributed by atoms with E-state index in [0.29, 0.717) is 11.6 Å². The summed E-state index contributed by atoms with van der Waals surface area (Å²) in [5.74, 6) is -5.58. The van der Waals surface area contributed by atoms with E-state index in [4.69, 9.17) is 9.47 Å².